The van der Waals surface area contributed by atoms with Crippen molar-refractivity contribution in [1.29, 1.82) is 0 Å². The largest absolute Gasteiger partial charge is 0.457 e. The van der Waals surface area contributed by atoms with Gasteiger partial charge in [0.25, 0.3) is 5.91 Å². The van der Waals surface area contributed by atoms with Crippen molar-refractivity contribution in [3.8, 4) is 0 Å². The topological polar surface area (TPSA) is 54.7 Å². The van der Waals surface area contributed by atoms with Crippen molar-refractivity contribution >= 4 is 21.8 Å². The number of rotatable bonds is 4. The van der Waals surface area contributed by atoms with Crippen molar-refractivity contribution in [2.45, 2.75) is 13.0 Å². The lowest BCUT2D eigenvalue weighted by Crippen LogP contribution is -2.46. The molecule has 1 unspecified atom stereocenters. The van der Waals surface area contributed by atoms with Crippen LogP contribution < -0.4 is 5.32 Å². The zero-order valence-electron chi connectivity index (χ0n) is 10.3. The summed E-state index contributed by atoms with van der Waals surface area (Å²) in [5.74, 6) is -0.114. The van der Waals surface area contributed by atoms with Crippen molar-refractivity contribution in [3.63, 3.8) is 0 Å². The lowest BCUT2D eigenvalue weighted by Gasteiger charge is -2.29. The Hall–Kier alpha value is -0.850. The molecule has 1 fully saturated rings. The first-order valence-corrected chi connectivity index (χ1v) is 6.80. The summed E-state index contributed by atoms with van der Waals surface area (Å²) in [5.41, 5.74) is 0.531. The fourth-order valence-corrected chi connectivity index (χ4v) is 2.39. The molecule has 0 aliphatic carbocycles. The van der Waals surface area contributed by atoms with E-state index in [4.69, 9.17) is 9.15 Å². The quantitative estimate of drug-likeness (QED) is 0.914. The maximum atomic E-state index is 11.9. The molecule has 0 radical (unpaired) electrons. The zero-order chi connectivity index (χ0) is 13.0. The van der Waals surface area contributed by atoms with Crippen LogP contribution in [0.2, 0.25) is 0 Å². The summed E-state index contributed by atoms with van der Waals surface area (Å²) >= 11 is 3.20. The second-order valence-corrected chi connectivity index (χ2v) is 5.12. The molecule has 1 aromatic rings. The van der Waals surface area contributed by atoms with Gasteiger partial charge < -0.3 is 14.5 Å². The van der Waals surface area contributed by atoms with Crippen LogP contribution in [-0.4, -0.2) is 49.7 Å². The van der Waals surface area contributed by atoms with Gasteiger partial charge in [0, 0.05) is 25.7 Å². The molecule has 0 bridgehead atoms. The molecule has 0 saturated carbocycles. The minimum Gasteiger partial charge on any atom is -0.457 e. The maximum absolute atomic E-state index is 11.9. The fourth-order valence-electron chi connectivity index (χ4n) is 1.97. The van der Waals surface area contributed by atoms with E-state index in [0.29, 0.717) is 10.2 Å². The number of carbonyl (C=O) groups is 1. The van der Waals surface area contributed by atoms with Gasteiger partial charge in [0.1, 0.15) is 0 Å². The van der Waals surface area contributed by atoms with Crippen LogP contribution >= 0.6 is 15.9 Å². The Morgan fingerprint density at radius 2 is 2.28 bits per heavy atom. The average molecular weight is 317 g/mol. The van der Waals surface area contributed by atoms with Crippen molar-refractivity contribution in [2.24, 2.45) is 0 Å². The van der Waals surface area contributed by atoms with Crippen molar-refractivity contribution < 1.29 is 13.9 Å². The minimum absolute atomic E-state index is 0.0948. The van der Waals surface area contributed by atoms with Crippen LogP contribution in [0.1, 0.15) is 17.3 Å². The van der Waals surface area contributed by atoms with E-state index in [2.05, 4.69) is 26.1 Å². The predicted molar refractivity (Wildman–Crippen MR) is 70.6 cm³/mol. The molecule has 1 amide bonds. The monoisotopic (exact) mass is 316 g/mol. The van der Waals surface area contributed by atoms with Gasteiger partial charge >= 0.3 is 0 Å². The summed E-state index contributed by atoms with van der Waals surface area (Å²) in [6, 6.07) is 1.75. The Kier molecular flexibility index (Phi) is 4.79. The van der Waals surface area contributed by atoms with Gasteiger partial charge in [0.05, 0.1) is 25.0 Å². The van der Waals surface area contributed by atoms with Crippen LogP contribution in [0.5, 0.6) is 0 Å². The number of halogens is 1. The van der Waals surface area contributed by atoms with Crippen molar-refractivity contribution in [2.75, 3.05) is 32.8 Å². The van der Waals surface area contributed by atoms with E-state index in [9.17, 15) is 4.79 Å². The number of hydrogen-bond donors (Lipinski definition) is 1. The van der Waals surface area contributed by atoms with E-state index in [1.807, 2.05) is 6.92 Å². The van der Waals surface area contributed by atoms with Crippen LogP contribution in [0.15, 0.2) is 21.4 Å². The molecule has 18 heavy (non-hydrogen) atoms. The third kappa shape index (κ3) is 3.57. The number of morpholine rings is 1. The Labute approximate surface area is 115 Å². The summed E-state index contributed by atoms with van der Waals surface area (Å²) in [4.78, 5) is 14.2. The Bertz CT molecular complexity index is 402. The first-order chi connectivity index (χ1) is 8.66. The molecule has 1 aliphatic heterocycles. The molecule has 0 spiro atoms. The predicted octanol–water partition coefficient (Wildman–Crippen LogP) is 1.49. The van der Waals surface area contributed by atoms with E-state index in [1.54, 1.807) is 6.07 Å². The highest BCUT2D eigenvalue weighted by Crippen LogP contribution is 2.17. The van der Waals surface area contributed by atoms with Crippen molar-refractivity contribution in [1.82, 2.24) is 10.2 Å². The molecular formula is C12H17BrN2O3. The first-order valence-electron chi connectivity index (χ1n) is 6.01. The molecule has 6 heteroatoms. The van der Waals surface area contributed by atoms with Gasteiger partial charge in [-0.2, -0.15) is 0 Å². The third-order valence-electron chi connectivity index (χ3n) is 2.88. The highest BCUT2D eigenvalue weighted by Gasteiger charge is 2.18. The van der Waals surface area contributed by atoms with Gasteiger partial charge in [-0.25, -0.2) is 0 Å². The summed E-state index contributed by atoms with van der Waals surface area (Å²) in [6.07, 6.45) is 1.49. The molecule has 5 nitrogen and oxygen atoms in total. The van der Waals surface area contributed by atoms with Crippen molar-refractivity contribution in [3.05, 3.63) is 22.6 Å². The number of carbonyl (C=O) groups excluding carboxylic acids is 1. The molecule has 2 rings (SSSR count). The number of furan rings is 1. The minimum atomic E-state index is -0.114. The van der Waals surface area contributed by atoms with E-state index < -0.39 is 0 Å². The van der Waals surface area contributed by atoms with Crippen LogP contribution in [0.4, 0.5) is 0 Å². The molecule has 1 aromatic heterocycles. The summed E-state index contributed by atoms with van der Waals surface area (Å²) in [5, 5.41) is 2.96. The van der Waals surface area contributed by atoms with E-state index >= 15 is 0 Å². The maximum Gasteiger partial charge on any atom is 0.256 e. The summed E-state index contributed by atoms with van der Waals surface area (Å²) in [7, 11) is 0. The fraction of sp³-hybridized carbons (Fsp3) is 0.583. The molecular weight excluding hydrogens is 300 g/mol. The van der Waals surface area contributed by atoms with E-state index in [1.165, 1.54) is 6.26 Å². The lowest BCUT2D eigenvalue weighted by atomic mass is 10.2. The van der Waals surface area contributed by atoms with Crippen LogP contribution in [0.25, 0.3) is 0 Å². The summed E-state index contributed by atoms with van der Waals surface area (Å²) in [6.45, 7) is 6.24. The SMILES string of the molecule is CC(CN1CCOCC1)NC(=O)c1ccoc1Br. The molecule has 0 aromatic carbocycles. The molecule has 100 valence electrons. The average Bonchev–Trinajstić information content (AvgIpc) is 2.76. The molecule has 2 heterocycles. The third-order valence-corrected chi connectivity index (χ3v) is 3.49. The van der Waals surface area contributed by atoms with Gasteiger partial charge in [-0.1, -0.05) is 0 Å². The number of nitrogens with one attached hydrogen (secondary N) is 1. The normalized spacial score (nSPS) is 18.6. The van der Waals surface area contributed by atoms with Gasteiger partial charge in [-0.15, -0.1) is 0 Å². The first kappa shape index (κ1) is 13.6. The smallest absolute Gasteiger partial charge is 0.256 e. The second kappa shape index (κ2) is 6.36. The van der Waals surface area contributed by atoms with Crippen LogP contribution in [0.3, 0.4) is 0 Å². The zero-order valence-corrected chi connectivity index (χ0v) is 11.9. The standard InChI is InChI=1S/C12H17BrN2O3/c1-9(8-15-3-6-17-7-4-15)14-12(16)10-2-5-18-11(10)13/h2,5,9H,3-4,6-8H2,1H3,(H,14,16). The number of ether oxygens (including phenoxy) is 1. The van der Waals surface area contributed by atoms with Crippen LogP contribution in [-0.2, 0) is 4.74 Å². The molecule has 1 atom stereocenters. The van der Waals surface area contributed by atoms with Gasteiger partial charge in [-0.3, -0.25) is 9.69 Å². The summed E-state index contributed by atoms with van der Waals surface area (Å²) < 4.78 is 10.8. The Morgan fingerprint density at radius 1 is 1.56 bits per heavy atom. The second-order valence-electron chi connectivity index (χ2n) is 4.40. The lowest BCUT2D eigenvalue weighted by molar-refractivity contribution is 0.0342. The molecule has 1 saturated heterocycles. The van der Waals surface area contributed by atoms with E-state index in [0.717, 1.165) is 32.8 Å². The van der Waals surface area contributed by atoms with Crippen LogP contribution in [0, 0.1) is 0 Å². The molecule has 1 N–H and O–H groups in total. The van der Waals surface area contributed by atoms with Gasteiger partial charge in [-0.05, 0) is 28.9 Å². The Balaban J connectivity index is 1.81. The van der Waals surface area contributed by atoms with Gasteiger partial charge in [0.2, 0.25) is 0 Å². The van der Waals surface area contributed by atoms with Gasteiger partial charge in [0.15, 0.2) is 4.67 Å². The number of amides is 1. The number of nitrogens with zero attached hydrogens (tertiary/aromatic N) is 1. The van der Waals surface area contributed by atoms with E-state index in [-0.39, 0.29) is 11.9 Å². The Morgan fingerprint density at radius 3 is 2.89 bits per heavy atom. The highest BCUT2D eigenvalue weighted by atomic mass is 79.9. The molecule has 1 aliphatic rings. The number of hydrogen-bond acceptors (Lipinski definition) is 4. The highest BCUT2D eigenvalue weighted by molar-refractivity contribution is 9.10.